The molecule has 0 saturated carbocycles. The Morgan fingerprint density at radius 1 is 1.16 bits per heavy atom. The van der Waals surface area contributed by atoms with Gasteiger partial charge in [-0.2, -0.15) is 0 Å². The lowest BCUT2D eigenvalue weighted by atomic mass is 9.95. The molecule has 2 bridgehead atoms. The Hall–Kier alpha value is -1.37. The molecule has 2 aromatic heterocycles. The molecule has 2 aromatic rings. The maximum Gasteiger partial charge on any atom is 0.0826 e. The second-order valence-corrected chi connectivity index (χ2v) is 8.62. The smallest absolute Gasteiger partial charge is 0.0826 e. The van der Waals surface area contributed by atoms with Gasteiger partial charge < -0.3 is 0 Å². The van der Waals surface area contributed by atoms with Gasteiger partial charge in [0.05, 0.1) is 16.3 Å². The van der Waals surface area contributed by atoms with E-state index in [-0.39, 0.29) is 0 Å². The molecular weight excluding hydrogens is 330 g/mol. The summed E-state index contributed by atoms with van der Waals surface area (Å²) >= 11 is 1.58. The fraction of sp³-hybridized carbons (Fsp3) is 0.632. The Kier molecular flexibility index (Phi) is 5.10. The van der Waals surface area contributed by atoms with Gasteiger partial charge in [-0.1, -0.05) is 24.4 Å². The van der Waals surface area contributed by atoms with E-state index in [0.29, 0.717) is 12.0 Å². The first kappa shape index (κ1) is 17.1. The highest BCUT2D eigenvalue weighted by Crippen LogP contribution is 2.31. The number of fused-ring (bicyclic) bond motifs is 4. The fourth-order valence-corrected chi connectivity index (χ4v) is 5.09. The minimum atomic E-state index is 0.457. The molecule has 3 aliphatic heterocycles. The number of hydrogen-bond donors (Lipinski definition) is 0. The third-order valence-electron chi connectivity index (χ3n) is 5.49. The van der Waals surface area contributed by atoms with Crippen molar-refractivity contribution in [3.8, 4) is 0 Å². The molecule has 0 N–H and O–H groups in total. The summed E-state index contributed by atoms with van der Waals surface area (Å²) in [6.45, 7) is 9.97. The zero-order valence-corrected chi connectivity index (χ0v) is 16.0. The molecule has 3 aliphatic rings. The summed E-state index contributed by atoms with van der Waals surface area (Å²) in [5.41, 5.74) is 2.37. The van der Waals surface area contributed by atoms with Crippen LogP contribution in [0.25, 0.3) is 0 Å². The SMILES string of the molecule is CC(C)c1nnsc1CN1C[C@H]2CC[C@@H]1CN(Cc1ccccn1)C2. The van der Waals surface area contributed by atoms with Crippen molar-refractivity contribution in [2.45, 2.75) is 51.7 Å². The van der Waals surface area contributed by atoms with E-state index < -0.39 is 0 Å². The minimum Gasteiger partial charge on any atom is -0.296 e. The van der Waals surface area contributed by atoms with Crippen molar-refractivity contribution in [2.24, 2.45) is 5.92 Å². The van der Waals surface area contributed by atoms with Crippen LogP contribution in [0.15, 0.2) is 24.4 Å². The molecule has 0 unspecified atom stereocenters. The van der Waals surface area contributed by atoms with Crippen LogP contribution in [-0.2, 0) is 13.1 Å². The maximum atomic E-state index is 4.51. The van der Waals surface area contributed by atoms with Crippen LogP contribution in [0, 0.1) is 5.92 Å². The molecule has 3 fully saturated rings. The van der Waals surface area contributed by atoms with E-state index in [4.69, 9.17) is 0 Å². The quantitative estimate of drug-likeness (QED) is 0.822. The van der Waals surface area contributed by atoms with E-state index in [9.17, 15) is 0 Å². The Morgan fingerprint density at radius 2 is 2.08 bits per heavy atom. The van der Waals surface area contributed by atoms with Crippen molar-refractivity contribution in [1.29, 1.82) is 0 Å². The number of pyridine rings is 1. The van der Waals surface area contributed by atoms with Crippen molar-refractivity contribution in [1.82, 2.24) is 24.4 Å². The molecule has 2 atom stereocenters. The minimum absolute atomic E-state index is 0.457. The van der Waals surface area contributed by atoms with Crippen molar-refractivity contribution in [3.63, 3.8) is 0 Å². The third-order valence-corrected chi connectivity index (χ3v) is 6.22. The van der Waals surface area contributed by atoms with E-state index in [1.54, 1.807) is 11.5 Å². The molecular formula is C19H27N5S. The first-order chi connectivity index (χ1) is 12.2. The summed E-state index contributed by atoms with van der Waals surface area (Å²) in [7, 11) is 0. The number of rotatable bonds is 5. The second-order valence-electron chi connectivity index (χ2n) is 7.78. The van der Waals surface area contributed by atoms with E-state index in [2.05, 4.69) is 50.4 Å². The van der Waals surface area contributed by atoms with Crippen LogP contribution in [0.5, 0.6) is 0 Å². The van der Waals surface area contributed by atoms with Crippen LogP contribution in [0.3, 0.4) is 0 Å². The van der Waals surface area contributed by atoms with E-state index >= 15 is 0 Å². The first-order valence-corrected chi connectivity index (χ1v) is 10.1. The zero-order chi connectivity index (χ0) is 17.2. The molecule has 0 amide bonds. The van der Waals surface area contributed by atoms with Crippen molar-refractivity contribution < 1.29 is 0 Å². The van der Waals surface area contributed by atoms with Gasteiger partial charge >= 0.3 is 0 Å². The number of nitrogens with zero attached hydrogens (tertiary/aromatic N) is 5. The van der Waals surface area contributed by atoms with Crippen LogP contribution in [-0.4, -0.2) is 50.0 Å². The summed E-state index contributed by atoms with van der Waals surface area (Å²) < 4.78 is 4.21. The molecule has 6 heteroatoms. The molecule has 0 radical (unpaired) electrons. The van der Waals surface area contributed by atoms with Gasteiger partial charge in [-0.15, -0.1) is 5.10 Å². The lowest BCUT2D eigenvalue weighted by Crippen LogP contribution is -2.43. The highest BCUT2D eigenvalue weighted by atomic mass is 32.1. The van der Waals surface area contributed by atoms with Gasteiger partial charge in [-0.3, -0.25) is 14.8 Å². The Balaban J connectivity index is 1.45. The zero-order valence-electron chi connectivity index (χ0n) is 15.1. The van der Waals surface area contributed by atoms with E-state index in [1.807, 2.05) is 12.3 Å². The largest absolute Gasteiger partial charge is 0.296 e. The van der Waals surface area contributed by atoms with Gasteiger partial charge in [0.2, 0.25) is 0 Å². The van der Waals surface area contributed by atoms with E-state index in [1.165, 1.54) is 42.2 Å². The van der Waals surface area contributed by atoms with Crippen molar-refractivity contribution >= 4 is 11.5 Å². The molecule has 3 saturated heterocycles. The van der Waals surface area contributed by atoms with Gasteiger partial charge in [-0.25, -0.2) is 0 Å². The van der Waals surface area contributed by atoms with Gasteiger partial charge in [0, 0.05) is 45.0 Å². The third kappa shape index (κ3) is 3.91. The Morgan fingerprint density at radius 3 is 2.88 bits per heavy atom. The Bertz CT molecular complexity index is 686. The summed E-state index contributed by atoms with van der Waals surface area (Å²) in [5.74, 6) is 1.23. The number of piperidine rings is 1. The van der Waals surface area contributed by atoms with Crippen LogP contribution >= 0.6 is 11.5 Å². The lowest BCUT2D eigenvalue weighted by molar-refractivity contribution is 0.124. The normalized spacial score (nSPS) is 24.8. The van der Waals surface area contributed by atoms with Crippen LogP contribution in [0.4, 0.5) is 0 Å². The summed E-state index contributed by atoms with van der Waals surface area (Å²) in [4.78, 5) is 11.2. The second kappa shape index (κ2) is 7.48. The van der Waals surface area contributed by atoms with Crippen LogP contribution in [0.1, 0.15) is 48.9 Å². The van der Waals surface area contributed by atoms with Crippen molar-refractivity contribution in [3.05, 3.63) is 40.7 Å². The average molecular weight is 358 g/mol. The van der Waals surface area contributed by atoms with E-state index in [0.717, 1.165) is 25.6 Å². The molecule has 0 spiro atoms. The first-order valence-electron chi connectivity index (χ1n) is 9.36. The summed E-state index contributed by atoms with van der Waals surface area (Å²) in [6.07, 6.45) is 4.57. The molecule has 25 heavy (non-hydrogen) atoms. The number of hydrogen-bond acceptors (Lipinski definition) is 6. The molecule has 0 aromatic carbocycles. The summed E-state index contributed by atoms with van der Waals surface area (Å²) in [5, 5.41) is 4.36. The van der Waals surface area contributed by atoms with Gasteiger partial charge in [0.1, 0.15) is 0 Å². The molecule has 5 heterocycles. The topological polar surface area (TPSA) is 45.2 Å². The molecule has 5 nitrogen and oxygen atoms in total. The highest BCUT2D eigenvalue weighted by molar-refractivity contribution is 7.05. The standard InChI is InChI=1S/C19H27N5S/c1-14(2)19-18(25-22-21-19)13-24-10-15-6-7-17(24)12-23(9-15)11-16-5-3-4-8-20-16/h3-5,8,14-15,17H,6-7,9-13H2,1-2H3/t15-,17+/m0/s1. The number of aromatic nitrogens is 3. The Labute approximate surface area is 154 Å². The fourth-order valence-electron chi connectivity index (χ4n) is 4.27. The van der Waals surface area contributed by atoms with Gasteiger partial charge in [-0.05, 0) is 48.3 Å². The predicted octanol–water partition coefficient (Wildman–Crippen LogP) is 3.15. The predicted molar refractivity (Wildman–Crippen MR) is 100 cm³/mol. The molecule has 134 valence electrons. The highest BCUT2D eigenvalue weighted by Gasteiger charge is 2.35. The summed E-state index contributed by atoms with van der Waals surface area (Å²) in [6, 6.07) is 6.87. The van der Waals surface area contributed by atoms with Crippen LogP contribution < -0.4 is 0 Å². The van der Waals surface area contributed by atoms with Crippen LogP contribution in [0.2, 0.25) is 0 Å². The molecule has 5 rings (SSSR count). The van der Waals surface area contributed by atoms with Gasteiger partial charge in [0.15, 0.2) is 0 Å². The monoisotopic (exact) mass is 357 g/mol. The van der Waals surface area contributed by atoms with Gasteiger partial charge in [0.25, 0.3) is 0 Å². The maximum absolute atomic E-state index is 4.51. The van der Waals surface area contributed by atoms with Crippen molar-refractivity contribution in [2.75, 3.05) is 19.6 Å². The lowest BCUT2D eigenvalue weighted by Gasteiger charge is -2.36. The molecule has 0 aliphatic carbocycles. The average Bonchev–Trinajstić information content (AvgIpc) is 2.90.